The molecule has 0 spiro atoms. The quantitative estimate of drug-likeness (QED) is 0.447. The predicted molar refractivity (Wildman–Crippen MR) is 128 cm³/mol. The van der Waals surface area contributed by atoms with Crippen molar-refractivity contribution in [2.45, 2.75) is 0 Å². The minimum Gasteiger partial charge on any atom is -0.436 e. The van der Waals surface area contributed by atoms with E-state index < -0.39 is 17.2 Å². The van der Waals surface area contributed by atoms with Crippen LogP contribution in [0.3, 0.4) is 0 Å². The summed E-state index contributed by atoms with van der Waals surface area (Å²) >= 11 is 0. The number of nitrogens with one attached hydrogen (secondary N) is 1. The van der Waals surface area contributed by atoms with Crippen molar-refractivity contribution >= 4 is 22.6 Å². The van der Waals surface area contributed by atoms with Gasteiger partial charge in [0.25, 0.3) is 11.5 Å². The van der Waals surface area contributed by atoms with Crippen molar-refractivity contribution in [1.82, 2.24) is 19.1 Å². The fourth-order valence-electron chi connectivity index (χ4n) is 3.73. The number of carbonyl (C=O) groups excluding carboxylic acids is 1. The zero-order valence-corrected chi connectivity index (χ0v) is 18.4. The first-order valence-corrected chi connectivity index (χ1v) is 10.4. The van der Waals surface area contributed by atoms with Gasteiger partial charge in [0, 0.05) is 25.2 Å². The summed E-state index contributed by atoms with van der Waals surface area (Å²) < 4.78 is 8.21. The Balaban J connectivity index is 1.49. The van der Waals surface area contributed by atoms with E-state index in [0.29, 0.717) is 28.5 Å². The standard InChI is InChI=1S/C25H19N5O4/c1-29-21-19(24(32)30(2)25(29)33)12-16(13-26-21)28-22(31)17-10-6-7-11-18(17)23-27-14-20(34-23)15-8-4-3-5-9-15/h3-14H,1-2H3,(H,28,31). The van der Waals surface area contributed by atoms with Gasteiger partial charge in [0.1, 0.15) is 5.65 Å². The van der Waals surface area contributed by atoms with Crippen LogP contribution in [0.15, 0.2) is 87.1 Å². The van der Waals surface area contributed by atoms with Crippen LogP contribution in [0.4, 0.5) is 5.69 Å². The normalized spacial score (nSPS) is 11.0. The Kier molecular flexibility index (Phi) is 5.14. The second-order valence-corrected chi connectivity index (χ2v) is 7.70. The Hall–Kier alpha value is -4.79. The minimum absolute atomic E-state index is 0.218. The Labute approximate surface area is 193 Å². The zero-order chi connectivity index (χ0) is 23.8. The fourth-order valence-corrected chi connectivity index (χ4v) is 3.73. The van der Waals surface area contributed by atoms with E-state index in [-0.39, 0.29) is 11.0 Å². The van der Waals surface area contributed by atoms with Crippen molar-refractivity contribution in [3.8, 4) is 22.8 Å². The van der Waals surface area contributed by atoms with E-state index in [1.807, 2.05) is 30.3 Å². The van der Waals surface area contributed by atoms with Crippen molar-refractivity contribution in [3.63, 3.8) is 0 Å². The molecule has 0 bridgehead atoms. The summed E-state index contributed by atoms with van der Waals surface area (Å²) in [7, 11) is 2.93. The minimum atomic E-state index is -0.490. The molecule has 1 amide bonds. The highest BCUT2D eigenvalue weighted by Crippen LogP contribution is 2.28. The van der Waals surface area contributed by atoms with Crippen molar-refractivity contribution in [3.05, 3.63) is 99.5 Å². The number of pyridine rings is 1. The Morgan fingerprint density at radius 3 is 2.44 bits per heavy atom. The molecule has 5 aromatic rings. The highest BCUT2D eigenvalue weighted by Gasteiger charge is 2.18. The summed E-state index contributed by atoms with van der Waals surface area (Å²) in [6.07, 6.45) is 3.02. The van der Waals surface area contributed by atoms with Gasteiger partial charge < -0.3 is 9.73 Å². The van der Waals surface area contributed by atoms with E-state index in [9.17, 15) is 14.4 Å². The largest absolute Gasteiger partial charge is 0.436 e. The number of nitrogens with zero attached hydrogens (tertiary/aromatic N) is 4. The van der Waals surface area contributed by atoms with Crippen molar-refractivity contribution in [2.75, 3.05) is 5.32 Å². The number of hydrogen-bond acceptors (Lipinski definition) is 6. The average Bonchev–Trinajstić information content (AvgIpc) is 3.37. The summed E-state index contributed by atoms with van der Waals surface area (Å²) in [5, 5.41) is 2.99. The number of fused-ring (bicyclic) bond motifs is 1. The molecule has 0 aliphatic carbocycles. The molecule has 3 aromatic heterocycles. The van der Waals surface area contributed by atoms with Gasteiger partial charge in [0.15, 0.2) is 5.76 Å². The van der Waals surface area contributed by atoms with Crippen LogP contribution in [-0.2, 0) is 14.1 Å². The number of hydrogen-bond donors (Lipinski definition) is 1. The molecular weight excluding hydrogens is 434 g/mol. The molecule has 2 aromatic carbocycles. The highest BCUT2D eigenvalue weighted by molar-refractivity contribution is 6.08. The fraction of sp³-hybridized carbons (Fsp3) is 0.0800. The van der Waals surface area contributed by atoms with Crippen LogP contribution in [0.1, 0.15) is 10.4 Å². The first-order chi connectivity index (χ1) is 16.4. The van der Waals surface area contributed by atoms with Crippen LogP contribution in [0, 0.1) is 0 Å². The Bertz CT molecular complexity index is 1660. The number of benzene rings is 2. The lowest BCUT2D eigenvalue weighted by Crippen LogP contribution is -2.37. The maximum atomic E-state index is 13.1. The van der Waals surface area contributed by atoms with Crippen molar-refractivity contribution in [1.29, 1.82) is 0 Å². The molecule has 5 rings (SSSR count). The molecule has 0 radical (unpaired) electrons. The van der Waals surface area contributed by atoms with Crippen molar-refractivity contribution in [2.24, 2.45) is 14.1 Å². The number of anilines is 1. The summed E-state index contributed by atoms with van der Waals surface area (Å²) in [5.41, 5.74) is 1.33. The molecule has 0 saturated carbocycles. The van der Waals surface area contributed by atoms with Crippen LogP contribution in [0.2, 0.25) is 0 Å². The van der Waals surface area contributed by atoms with E-state index in [4.69, 9.17) is 4.42 Å². The second-order valence-electron chi connectivity index (χ2n) is 7.70. The average molecular weight is 453 g/mol. The SMILES string of the molecule is Cn1c(=O)c2cc(NC(=O)c3ccccc3-c3ncc(-c4ccccc4)o3)cnc2n(C)c1=O. The first-order valence-electron chi connectivity index (χ1n) is 10.4. The molecule has 3 heterocycles. The molecule has 0 unspecified atom stereocenters. The van der Waals surface area contributed by atoms with E-state index in [2.05, 4.69) is 15.3 Å². The van der Waals surface area contributed by atoms with Gasteiger partial charge in [0.05, 0.1) is 29.0 Å². The van der Waals surface area contributed by atoms with Gasteiger partial charge in [0.2, 0.25) is 5.89 Å². The van der Waals surface area contributed by atoms with E-state index in [1.165, 1.54) is 30.9 Å². The maximum absolute atomic E-state index is 13.1. The smallest absolute Gasteiger partial charge is 0.332 e. The van der Waals surface area contributed by atoms with Crippen LogP contribution in [-0.4, -0.2) is 25.0 Å². The van der Waals surface area contributed by atoms with Crippen LogP contribution < -0.4 is 16.6 Å². The maximum Gasteiger partial charge on any atom is 0.332 e. The zero-order valence-electron chi connectivity index (χ0n) is 18.4. The molecule has 0 aliphatic heterocycles. The third kappa shape index (κ3) is 3.58. The summed E-state index contributed by atoms with van der Waals surface area (Å²) in [5.74, 6) is 0.481. The molecule has 9 heteroatoms. The van der Waals surface area contributed by atoms with Crippen LogP contribution in [0.5, 0.6) is 0 Å². The van der Waals surface area contributed by atoms with Crippen LogP contribution >= 0.6 is 0 Å². The van der Waals surface area contributed by atoms with Gasteiger partial charge in [-0.1, -0.05) is 42.5 Å². The van der Waals surface area contributed by atoms with Gasteiger partial charge in [-0.2, -0.15) is 0 Å². The molecular formula is C25H19N5O4. The van der Waals surface area contributed by atoms with Crippen LogP contribution in [0.25, 0.3) is 33.8 Å². The first kappa shape index (κ1) is 21.1. The molecule has 9 nitrogen and oxygen atoms in total. The Morgan fingerprint density at radius 1 is 0.912 bits per heavy atom. The van der Waals surface area contributed by atoms with Gasteiger partial charge in [-0.15, -0.1) is 0 Å². The molecule has 34 heavy (non-hydrogen) atoms. The van der Waals surface area contributed by atoms with Crippen molar-refractivity contribution < 1.29 is 9.21 Å². The number of rotatable bonds is 4. The molecule has 1 N–H and O–H groups in total. The van der Waals surface area contributed by atoms with Gasteiger partial charge >= 0.3 is 5.69 Å². The third-order valence-corrected chi connectivity index (χ3v) is 5.52. The molecule has 0 saturated heterocycles. The summed E-state index contributed by atoms with van der Waals surface area (Å²) in [4.78, 5) is 46.4. The number of oxazole rings is 1. The molecule has 0 atom stereocenters. The van der Waals surface area contributed by atoms with Gasteiger partial charge in [-0.05, 0) is 18.2 Å². The predicted octanol–water partition coefficient (Wildman–Crippen LogP) is 3.21. The molecule has 168 valence electrons. The Morgan fingerprint density at radius 2 is 1.65 bits per heavy atom. The topological polar surface area (TPSA) is 112 Å². The summed E-state index contributed by atoms with van der Waals surface area (Å²) in [6, 6.07) is 18.0. The third-order valence-electron chi connectivity index (χ3n) is 5.52. The van der Waals surface area contributed by atoms with E-state index >= 15 is 0 Å². The molecule has 0 aliphatic rings. The second kappa shape index (κ2) is 8.28. The van der Waals surface area contributed by atoms with E-state index in [0.717, 1.165) is 10.1 Å². The number of aryl methyl sites for hydroxylation is 1. The number of carbonyl (C=O) groups is 1. The number of amides is 1. The summed E-state index contributed by atoms with van der Waals surface area (Å²) in [6.45, 7) is 0. The lowest BCUT2D eigenvalue weighted by Gasteiger charge is -2.10. The lowest BCUT2D eigenvalue weighted by molar-refractivity contribution is 0.102. The number of aromatic nitrogens is 4. The van der Waals surface area contributed by atoms with Gasteiger partial charge in [-0.25, -0.2) is 14.8 Å². The van der Waals surface area contributed by atoms with Gasteiger partial charge in [-0.3, -0.25) is 18.7 Å². The van der Waals surface area contributed by atoms with E-state index in [1.54, 1.807) is 30.5 Å². The lowest BCUT2D eigenvalue weighted by atomic mass is 10.1. The molecule has 0 fully saturated rings. The monoisotopic (exact) mass is 453 g/mol. The highest BCUT2D eigenvalue weighted by atomic mass is 16.4.